The molecule has 0 radical (unpaired) electrons. The number of nitrogens with one attached hydrogen (secondary N) is 1. The molecule has 25 heavy (non-hydrogen) atoms. The van der Waals surface area contributed by atoms with Gasteiger partial charge in [0.15, 0.2) is 0 Å². The Kier molecular flexibility index (Phi) is 3.74. The second-order valence-corrected chi connectivity index (χ2v) is 5.66. The number of anilines is 1. The molecule has 0 aliphatic heterocycles. The van der Waals surface area contributed by atoms with Crippen LogP contribution in [-0.4, -0.2) is 16.0 Å². The Morgan fingerprint density at radius 1 is 1.00 bits per heavy atom. The van der Waals surface area contributed by atoms with E-state index in [9.17, 15) is 4.79 Å². The number of carbonyl (C=O) groups is 1. The Morgan fingerprint density at radius 3 is 2.68 bits per heavy atom. The van der Waals surface area contributed by atoms with Gasteiger partial charge >= 0.3 is 0 Å². The number of nitrogens with zero attached hydrogens (tertiary/aromatic N) is 2. The summed E-state index contributed by atoms with van der Waals surface area (Å²) in [5, 5.41) is 7.91. The standard InChI is InChI=1S/C20H15N3O2/c1-13-18(19(23-25-13)14-7-3-2-4-8-14)20(24)22-17-11-5-10-16-15(17)9-6-12-21-16/h2-12H,1H3,(H,22,24). The average molecular weight is 329 g/mol. The molecule has 0 saturated carbocycles. The number of benzene rings is 2. The van der Waals surface area contributed by atoms with Crippen LogP contribution in [0.15, 0.2) is 71.4 Å². The van der Waals surface area contributed by atoms with Gasteiger partial charge in [0.25, 0.3) is 5.91 Å². The summed E-state index contributed by atoms with van der Waals surface area (Å²) in [7, 11) is 0. The first-order chi connectivity index (χ1) is 12.2. The van der Waals surface area contributed by atoms with Crippen molar-refractivity contribution in [2.45, 2.75) is 6.92 Å². The van der Waals surface area contributed by atoms with Gasteiger partial charge in [-0.25, -0.2) is 0 Å². The molecule has 0 atom stereocenters. The van der Waals surface area contributed by atoms with E-state index >= 15 is 0 Å². The lowest BCUT2D eigenvalue weighted by Crippen LogP contribution is -2.13. The van der Waals surface area contributed by atoms with Crippen molar-refractivity contribution in [3.05, 3.63) is 78.2 Å². The van der Waals surface area contributed by atoms with E-state index < -0.39 is 0 Å². The minimum Gasteiger partial charge on any atom is -0.360 e. The molecule has 1 N–H and O–H groups in total. The molecule has 2 aromatic carbocycles. The van der Waals surface area contributed by atoms with Crippen molar-refractivity contribution in [3.8, 4) is 11.3 Å². The normalized spacial score (nSPS) is 10.8. The van der Waals surface area contributed by atoms with Gasteiger partial charge in [0, 0.05) is 17.1 Å². The van der Waals surface area contributed by atoms with Crippen LogP contribution in [-0.2, 0) is 0 Å². The van der Waals surface area contributed by atoms with E-state index in [1.54, 1.807) is 13.1 Å². The second kappa shape index (κ2) is 6.20. The lowest BCUT2D eigenvalue weighted by atomic mass is 10.1. The van der Waals surface area contributed by atoms with E-state index in [-0.39, 0.29) is 5.91 Å². The van der Waals surface area contributed by atoms with Crippen LogP contribution in [0.5, 0.6) is 0 Å². The van der Waals surface area contributed by atoms with E-state index in [1.165, 1.54) is 0 Å². The Hall–Kier alpha value is -3.47. The third-order valence-corrected chi connectivity index (χ3v) is 4.03. The van der Waals surface area contributed by atoms with Gasteiger partial charge in [0.05, 0.1) is 11.2 Å². The minimum absolute atomic E-state index is 0.256. The van der Waals surface area contributed by atoms with E-state index in [4.69, 9.17) is 4.52 Å². The predicted molar refractivity (Wildman–Crippen MR) is 96.4 cm³/mol. The summed E-state index contributed by atoms with van der Waals surface area (Å²) in [4.78, 5) is 17.2. The second-order valence-electron chi connectivity index (χ2n) is 5.66. The van der Waals surface area contributed by atoms with Crippen LogP contribution < -0.4 is 5.32 Å². The first-order valence-corrected chi connectivity index (χ1v) is 7.91. The molecular weight excluding hydrogens is 314 g/mol. The summed E-state index contributed by atoms with van der Waals surface area (Å²) in [5.74, 6) is 0.226. The summed E-state index contributed by atoms with van der Waals surface area (Å²) >= 11 is 0. The highest BCUT2D eigenvalue weighted by molar-refractivity contribution is 6.11. The van der Waals surface area contributed by atoms with E-state index in [0.29, 0.717) is 22.7 Å². The van der Waals surface area contributed by atoms with Crippen LogP contribution in [0.3, 0.4) is 0 Å². The number of aryl methyl sites for hydroxylation is 1. The fourth-order valence-corrected chi connectivity index (χ4v) is 2.83. The molecule has 0 aliphatic carbocycles. The Bertz CT molecular complexity index is 1050. The topological polar surface area (TPSA) is 68.0 Å². The molecule has 4 rings (SSSR count). The van der Waals surface area contributed by atoms with Gasteiger partial charge in [-0.05, 0) is 31.2 Å². The summed E-state index contributed by atoms with van der Waals surface area (Å²) < 4.78 is 5.27. The highest BCUT2D eigenvalue weighted by Crippen LogP contribution is 2.27. The molecule has 0 unspecified atom stereocenters. The Labute approximate surface area is 144 Å². The lowest BCUT2D eigenvalue weighted by molar-refractivity contribution is 0.102. The van der Waals surface area contributed by atoms with Gasteiger partial charge in [-0.2, -0.15) is 0 Å². The number of fused-ring (bicyclic) bond motifs is 1. The van der Waals surface area contributed by atoms with Gasteiger partial charge in [0.1, 0.15) is 17.0 Å². The fourth-order valence-electron chi connectivity index (χ4n) is 2.83. The first-order valence-electron chi connectivity index (χ1n) is 7.91. The van der Waals surface area contributed by atoms with Crippen LogP contribution in [0.4, 0.5) is 5.69 Å². The summed E-state index contributed by atoms with van der Waals surface area (Å²) in [6, 6.07) is 18.9. The number of aromatic nitrogens is 2. The zero-order valence-corrected chi connectivity index (χ0v) is 13.6. The number of hydrogen-bond donors (Lipinski definition) is 1. The zero-order chi connectivity index (χ0) is 17.2. The van der Waals surface area contributed by atoms with Crippen molar-refractivity contribution in [1.29, 1.82) is 0 Å². The molecule has 4 aromatic rings. The van der Waals surface area contributed by atoms with Crippen LogP contribution >= 0.6 is 0 Å². The molecule has 0 fully saturated rings. The van der Waals surface area contributed by atoms with Gasteiger partial charge in [-0.1, -0.05) is 41.6 Å². The maximum absolute atomic E-state index is 12.9. The number of carbonyl (C=O) groups excluding carboxylic acids is 1. The van der Waals surface area contributed by atoms with Crippen molar-refractivity contribution in [3.63, 3.8) is 0 Å². The highest BCUT2D eigenvalue weighted by Gasteiger charge is 2.22. The Balaban J connectivity index is 1.74. The van der Waals surface area contributed by atoms with Crippen LogP contribution in [0.2, 0.25) is 0 Å². The molecule has 122 valence electrons. The summed E-state index contributed by atoms with van der Waals surface area (Å²) in [6.45, 7) is 1.74. The van der Waals surface area contributed by atoms with Crippen molar-refractivity contribution in [2.24, 2.45) is 0 Å². The smallest absolute Gasteiger partial charge is 0.261 e. The SMILES string of the molecule is Cc1onc(-c2ccccc2)c1C(=O)Nc1cccc2ncccc12. The molecule has 5 heteroatoms. The van der Waals surface area contributed by atoms with E-state index in [0.717, 1.165) is 16.5 Å². The average Bonchev–Trinajstić information content (AvgIpc) is 3.04. The largest absolute Gasteiger partial charge is 0.360 e. The van der Waals surface area contributed by atoms with Crippen LogP contribution in [0, 0.1) is 6.92 Å². The van der Waals surface area contributed by atoms with Gasteiger partial charge in [-0.3, -0.25) is 9.78 Å². The maximum atomic E-state index is 12.9. The molecule has 1 amide bonds. The van der Waals surface area contributed by atoms with Crippen LogP contribution in [0.25, 0.3) is 22.2 Å². The molecular formula is C20H15N3O2. The zero-order valence-electron chi connectivity index (χ0n) is 13.6. The number of rotatable bonds is 3. The van der Waals surface area contributed by atoms with Gasteiger partial charge in [-0.15, -0.1) is 0 Å². The number of amides is 1. The van der Waals surface area contributed by atoms with E-state index in [1.807, 2.05) is 60.7 Å². The van der Waals surface area contributed by atoms with Gasteiger partial charge < -0.3 is 9.84 Å². The van der Waals surface area contributed by atoms with Crippen molar-refractivity contribution >= 4 is 22.5 Å². The number of hydrogen-bond acceptors (Lipinski definition) is 4. The number of pyridine rings is 1. The molecule has 2 heterocycles. The van der Waals surface area contributed by atoms with E-state index in [2.05, 4.69) is 15.5 Å². The molecule has 2 aromatic heterocycles. The molecule has 0 spiro atoms. The lowest BCUT2D eigenvalue weighted by Gasteiger charge is -2.08. The maximum Gasteiger partial charge on any atom is 0.261 e. The van der Waals surface area contributed by atoms with Crippen molar-refractivity contribution in [1.82, 2.24) is 10.1 Å². The third-order valence-electron chi connectivity index (χ3n) is 4.03. The highest BCUT2D eigenvalue weighted by atomic mass is 16.5. The third kappa shape index (κ3) is 2.76. The molecule has 0 saturated heterocycles. The Morgan fingerprint density at radius 2 is 1.84 bits per heavy atom. The summed E-state index contributed by atoms with van der Waals surface area (Å²) in [5.41, 5.74) is 3.34. The predicted octanol–water partition coefficient (Wildman–Crippen LogP) is 4.45. The quantitative estimate of drug-likeness (QED) is 0.603. The minimum atomic E-state index is -0.256. The summed E-state index contributed by atoms with van der Waals surface area (Å²) in [6.07, 6.45) is 1.73. The fraction of sp³-hybridized carbons (Fsp3) is 0.0500. The van der Waals surface area contributed by atoms with Crippen LogP contribution in [0.1, 0.15) is 16.1 Å². The molecule has 0 bridgehead atoms. The monoisotopic (exact) mass is 329 g/mol. The van der Waals surface area contributed by atoms with Crippen molar-refractivity contribution in [2.75, 3.05) is 5.32 Å². The molecule has 5 nitrogen and oxygen atoms in total. The molecule has 0 aliphatic rings. The van der Waals surface area contributed by atoms with Crippen molar-refractivity contribution < 1.29 is 9.32 Å². The first kappa shape index (κ1) is 15.1. The van der Waals surface area contributed by atoms with Gasteiger partial charge in [0.2, 0.25) is 0 Å².